The van der Waals surface area contributed by atoms with Gasteiger partial charge in [0.05, 0.1) is 17.6 Å². The van der Waals surface area contributed by atoms with Crippen molar-refractivity contribution in [1.29, 1.82) is 0 Å². The Morgan fingerprint density at radius 3 is 2.46 bits per heavy atom. The Labute approximate surface area is 224 Å². The first-order valence-corrected chi connectivity index (χ1v) is 13.0. The maximum atomic E-state index is 13.9. The Hall–Kier alpha value is -4.19. The van der Waals surface area contributed by atoms with Crippen LogP contribution >= 0.6 is 0 Å². The number of benzene rings is 1. The molecular formula is C27H34N8O4. The van der Waals surface area contributed by atoms with Gasteiger partial charge in [0, 0.05) is 52.4 Å². The molecule has 4 heterocycles. The Bertz CT molecular complexity index is 1830. The van der Waals surface area contributed by atoms with Gasteiger partial charge in [-0.1, -0.05) is 17.7 Å². The number of ketones is 1. The van der Waals surface area contributed by atoms with Crippen LogP contribution in [-0.4, -0.2) is 52.7 Å². The number of nitrogens with two attached hydrogens (primary N) is 1. The monoisotopic (exact) mass is 534 g/mol. The van der Waals surface area contributed by atoms with Crippen molar-refractivity contribution in [1.82, 2.24) is 27.8 Å². The summed E-state index contributed by atoms with van der Waals surface area (Å²) in [6.07, 6.45) is 3.81. The smallest absolute Gasteiger partial charge is 0.332 e. The molecule has 4 aromatic rings. The summed E-state index contributed by atoms with van der Waals surface area (Å²) in [7, 11) is 4.78. The number of imidazole rings is 2. The minimum Gasteiger partial charge on any atom is -0.341 e. The average Bonchev–Trinajstić information content (AvgIpc) is 3.40. The summed E-state index contributed by atoms with van der Waals surface area (Å²) in [6, 6.07) is 5.03. The molecule has 0 saturated carbocycles. The van der Waals surface area contributed by atoms with Gasteiger partial charge < -0.3 is 15.2 Å². The number of fused-ring (bicyclic) bond motifs is 2. The molecule has 1 fully saturated rings. The lowest BCUT2D eigenvalue weighted by molar-refractivity contribution is 0.0970. The van der Waals surface area contributed by atoms with Crippen LogP contribution in [0.2, 0.25) is 0 Å². The summed E-state index contributed by atoms with van der Waals surface area (Å²) in [5.74, 6) is 0.135. The number of nitrogens with zero attached hydrogens (tertiary/aromatic N) is 7. The number of Topliss-reactive ketones (excluding diaryl/α,β-unsaturated/α-hetero) is 1. The fourth-order valence-electron chi connectivity index (χ4n) is 5.41. The van der Waals surface area contributed by atoms with E-state index >= 15 is 0 Å². The molecule has 12 nitrogen and oxygen atoms in total. The molecule has 0 bridgehead atoms. The molecule has 206 valence electrons. The van der Waals surface area contributed by atoms with Crippen molar-refractivity contribution in [2.24, 2.45) is 26.9 Å². The number of carbonyl (C=O) groups is 1. The average molecular weight is 535 g/mol. The van der Waals surface area contributed by atoms with Gasteiger partial charge in [-0.05, 0) is 38.8 Å². The summed E-state index contributed by atoms with van der Waals surface area (Å²) >= 11 is 0. The molecule has 1 aromatic carbocycles. The normalized spacial score (nSPS) is 15.8. The first-order chi connectivity index (χ1) is 18.5. The highest BCUT2D eigenvalue weighted by molar-refractivity contribution is 6.06. The molecule has 0 radical (unpaired) electrons. The zero-order valence-corrected chi connectivity index (χ0v) is 23.0. The summed E-state index contributed by atoms with van der Waals surface area (Å²) in [5.41, 5.74) is 7.64. The van der Waals surface area contributed by atoms with Crippen LogP contribution in [-0.2, 0) is 34.2 Å². The van der Waals surface area contributed by atoms with Crippen molar-refractivity contribution in [3.8, 4) is 0 Å². The van der Waals surface area contributed by atoms with E-state index < -0.39 is 23.6 Å². The summed E-state index contributed by atoms with van der Waals surface area (Å²) in [5, 5.41) is 0. The molecule has 1 atom stereocenters. The van der Waals surface area contributed by atoms with Crippen LogP contribution < -0.4 is 27.6 Å². The van der Waals surface area contributed by atoms with Crippen molar-refractivity contribution < 1.29 is 4.79 Å². The second kappa shape index (κ2) is 9.84. The van der Waals surface area contributed by atoms with Gasteiger partial charge in [-0.15, -0.1) is 0 Å². The molecule has 2 N–H and O–H groups in total. The molecular weight excluding hydrogens is 500 g/mol. The number of allylic oxidation sites excluding steroid dienone is 2. The standard InChI is InChI=1S/C27H34N8O4/c1-16(2)11-13-34-22-23(29-25(34)33-12-7-8-17(28)14-33)32(5)27(39)35(24(22)37)15-20(36)18-9-6-10-19-21(18)31(4)26(38)30(19)3/h6,9-11,17H,7-8,12-15,28H2,1-5H3. The highest BCUT2D eigenvalue weighted by atomic mass is 16.2. The van der Waals surface area contributed by atoms with E-state index in [4.69, 9.17) is 10.7 Å². The number of carbonyl (C=O) groups excluding carboxylic acids is 1. The second-order valence-electron chi connectivity index (χ2n) is 10.6. The topological polar surface area (TPSA) is 135 Å². The van der Waals surface area contributed by atoms with E-state index in [0.29, 0.717) is 30.1 Å². The van der Waals surface area contributed by atoms with Crippen LogP contribution in [0, 0.1) is 0 Å². The highest BCUT2D eigenvalue weighted by Crippen LogP contribution is 2.23. The van der Waals surface area contributed by atoms with Gasteiger partial charge in [0.15, 0.2) is 16.9 Å². The molecule has 1 saturated heterocycles. The third-order valence-electron chi connectivity index (χ3n) is 7.52. The number of anilines is 1. The van der Waals surface area contributed by atoms with E-state index in [1.54, 1.807) is 39.3 Å². The summed E-state index contributed by atoms with van der Waals surface area (Å²) in [4.78, 5) is 60.1. The second-order valence-corrected chi connectivity index (χ2v) is 10.6. The van der Waals surface area contributed by atoms with E-state index in [2.05, 4.69) is 4.90 Å². The number of aryl methyl sites for hydroxylation is 3. The van der Waals surface area contributed by atoms with Gasteiger partial charge in [-0.25, -0.2) is 9.59 Å². The Balaban J connectivity index is 1.68. The van der Waals surface area contributed by atoms with Crippen LogP contribution in [0.5, 0.6) is 0 Å². The maximum Gasteiger partial charge on any atom is 0.332 e. The Morgan fingerprint density at radius 2 is 1.77 bits per heavy atom. The molecule has 0 aliphatic carbocycles. The Kier molecular flexibility index (Phi) is 6.67. The number of rotatable bonds is 6. The maximum absolute atomic E-state index is 13.9. The molecule has 3 aromatic heterocycles. The lowest BCUT2D eigenvalue weighted by Gasteiger charge is -2.31. The largest absolute Gasteiger partial charge is 0.341 e. The van der Waals surface area contributed by atoms with Crippen LogP contribution in [0.15, 0.2) is 44.2 Å². The molecule has 39 heavy (non-hydrogen) atoms. The fourth-order valence-corrected chi connectivity index (χ4v) is 5.41. The van der Waals surface area contributed by atoms with E-state index in [1.807, 2.05) is 24.5 Å². The first-order valence-electron chi connectivity index (χ1n) is 13.0. The van der Waals surface area contributed by atoms with Crippen molar-refractivity contribution in [3.05, 3.63) is 66.7 Å². The third-order valence-corrected chi connectivity index (χ3v) is 7.52. The molecule has 0 spiro atoms. The van der Waals surface area contributed by atoms with Crippen molar-refractivity contribution in [2.75, 3.05) is 18.0 Å². The van der Waals surface area contributed by atoms with Gasteiger partial charge in [0.2, 0.25) is 5.95 Å². The summed E-state index contributed by atoms with van der Waals surface area (Å²) in [6.45, 7) is 5.19. The van der Waals surface area contributed by atoms with E-state index in [0.717, 1.165) is 29.5 Å². The molecule has 0 amide bonds. The number of piperidine rings is 1. The fraction of sp³-hybridized carbons (Fsp3) is 0.444. The zero-order chi connectivity index (χ0) is 28.2. The zero-order valence-electron chi connectivity index (χ0n) is 23.0. The lowest BCUT2D eigenvalue weighted by atomic mass is 10.1. The van der Waals surface area contributed by atoms with Crippen molar-refractivity contribution >= 4 is 33.9 Å². The van der Waals surface area contributed by atoms with E-state index in [1.165, 1.54) is 13.7 Å². The highest BCUT2D eigenvalue weighted by Gasteiger charge is 2.27. The predicted molar refractivity (Wildman–Crippen MR) is 151 cm³/mol. The number of hydrogen-bond acceptors (Lipinski definition) is 7. The van der Waals surface area contributed by atoms with Gasteiger partial charge >= 0.3 is 11.4 Å². The van der Waals surface area contributed by atoms with Crippen LogP contribution in [0.3, 0.4) is 0 Å². The first kappa shape index (κ1) is 26.4. The minimum absolute atomic E-state index is 0.00905. The van der Waals surface area contributed by atoms with Gasteiger partial charge in [0.25, 0.3) is 5.56 Å². The van der Waals surface area contributed by atoms with Crippen LogP contribution in [0.4, 0.5) is 5.95 Å². The number of aromatic nitrogens is 6. The third kappa shape index (κ3) is 4.34. The van der Waals surface area contributed by atoms with Crippen LogP contribution in [0.25, 0.3) is 22.2 Å². The van der Waals surface area contributed by atoms with Crippen molar-refractivity contribution in [3.63, 3.8) is 0 Å². The van der Waals surface area contributed by atoms with Gasteiger partial charge in [-0.2, -0.15) is 4.98 Å². The molecule has 1 aliphatic rings. The molecule has 5 rings (SSSR count). The van der Waals surface area contributed by atoms with E-state index in [-0.39, 0.29) is 28.5 Å². The Morgan fingerprint density at radius 1 is 1.03 bits per heavy atom. The molecule has 12 heteroatoms. The number of hydrogen-bond donors (Lipinski definition) is 1. The van der Waals surface area contributed by atoms with Crippen molar-refractivity contribution in [2.45, 2.75) is 45.8 Å². The van der Waals surface area contributed by atoms with Crippen LogP contribution in [0.1, 0.15) is 37.0 Å². The van der Waals surface area contributed by atoms with E-state index in [9.17, 15) is 19.2 Å². The minimum atomic E-state index is -0.635. The van der Waals surface area contributed by atoms with Gasteiger partial charge in [-0.3, -0.25) is 27.9 Å². The summed E-state index contributed by atoms with van der Waals surface area (Å²) < 4.78 is 6.94. The van der Waals surface area contributed by atoms with Gasteiger partial charge in [0.1, 0.15) is 0 Å². The lowest BCUT2D eigenvalue weighted by Crippen LogP contribution is -2.44. The molecule has 1 aliphatic heterocycles. The molecule has 1 unspecified atom stereocenters. The quantitative estimate of drug-likeness (QED) is 0.286. The SMILES string of the molecule is CC(C)=CCn1c(N2CCCC(N)C2)nc2c1c(=O)n(CC(=O)c1cccc3c1n(C)c(=O)n3C)c(=O)n2C. The number of para-hydroxylation sites is 1. The predicted octanol–water partition coefficient (Wildman–Crippen LogP) is 0.864.